The van der Waals surface area contributed by atoms with E-state index in [1.165, 1.54) is 0 Å². The number of aliphatic hydroxyl groups is 1. The molecule has 2 fully saturated rings. The number of carbonyl (C=O) groups is 1. The van der Waals surface area contributed by atoms with Gasteiger partial charge in [0.15, 0.2) is 0 Å². The van der Waals surface area contributed by atoms with Crippen LogP contribution in [-0.2, 0) is 0 Å². The zero-order valence-corrected chi connectivity index (χ0v) is 8.49. The molecule has 0 aliphatic carbocycles. The standard InChI is InChI=1S/C9H17N3O2/c1-11-8(14)12(4-5-13)7-9(11)2-3-10-6-9/h10,13H,2-7H2,1H3. The van der Waals surface area contributed by atoms with E-state index in [0.29, 0.717) is 6.54 Å². The molecule has 2 aliphatic heterocycles. The van der Waals surface area contributed by atoms with Gasteiger partial charge in [0.2, 0.25) is 0 Å². The van der Waals surface area contributed by atoms with Crippen molar-refractivity contribution in [3.63, 3.8) is 0 Å². The average Bonchev–Trinajstić information content (AvgIpc) is 2.71. The van der Waals surface area contributed by atoms with Crippen molar-refractivity contribution in [1.29, 1.82) is 0 Å². The first kappa shape index (κ1) is 9.73. The first-order chi connectivity index (χ1) is 6.69. The lowest BCUT2D eigenvalue weighted by molar-refractivity contribution is 0.177. The summed E-state index contributed by atoms with van der Waals surface area (Å²) in [6.45, 7) is 3.09. The Hall–Kier alpha value is -0.810. The van der Waals surface area contributed by atoms with Crippen molar-refractivity contribution in [3.8, 4) is 0 Å². The van der Waals surface area contributed by atoms with Gasteiger partial charge in [-0.3, -0.25) is 0 Å². The average molecular weight is 199 g/mol. The summed E-state index contributed by atoms with van der Waals surface area (Å²) in [6.07, 6.45) is 1.01. The zero-order chi connectivity index (χ0) is 10.2. The van der Waals surface area contributed by atoms with Crippen molar-refractivity contribution >= 4 is 6.03 Å². The van der Waals surface area contributed by atoms with Crippen LogP contribution in [0.4, 0.5) is 4.79 Å². The van der Waals surface area contributed by atoms with E-state index in [2.05, 4.69) is 5.32 Å². The molecular formula is C9H17N3O2. The number of β-amino-alcohol motifs (C(OH)–C–C–N with tert-alkyl or cyclic N) is 1. The van der Waals surface area contributed by atoms with Crippen LogP contribution >= 0.6 is 0 Å². The normalized spacial score (nSPS) is 32.3. The fraction of sp³-hybridized carbons (Fsp3) is 0.889. The molecule has 0 radical (unpaired) electrons. The van der Waals surface area contributed by atoms with Crippen LogP contribution in [0.25, 0.3) is 0 Å². The molecular weight excluding hydrogens is 182 g/mol. The molecule has 0 aromatic rings. The van der Waals surface area contributed by atoms with Crippen molar-refractivity contribution in [2.24, 2.45) is 0 Å². The topological polar surface area (TPSA) is 55.8 Å². The molecule has 5 nitrogen and oxygen atoms in total. The molecule has 1 unspecified atom stereocenters. The second-order valence-electron chi connectivity index (χ2n) is 4.14. The Morgan fingerprint density at radius 2 is 2.43 bits per heavy atom. The van der Waals surface area contributed by atoms with E-state index in [1.54, 1.807) is 4.90 Å². The third kappa shape index (κ3) is 1.27. The number of likely N-dealkylation sites (N-methyl/N-ethyl adjacent to an activating group) is 1. The predicted molar refractivity (Wildman–Crippen MR) is 52.0 cm³/mol. The Bertz CT molecular complexity index is 238. The van der Waals surface area contributed by atoms with Crippen LogP contribution in [0.3, 0.4) is 0 Å². The van der Waals surface area contributed by atoms with E-state index < -0.39 is 0 Å². The first-order valence-electron chi connectivity index (χ1n) is 5.04. The lowest BCUT2D eigenvalue weighted by atomic mass is 9.99. The Balaban J connectivity index is 2.12. The minimum absolute atomic E-state index is 0.0216. The third-order valence-corrected chi connectivity index (χ3v) is 3.35. The van der Waals surface area contributed by atoms with Crippen LogP contribution < -0.4 is 5.32 Å². The van der Waals surface area contributed by atoms with E-state index in [4.69, 9.17) is 5.11 Å². The van der Waals surface area contributed by atoms with Crippen LogP contribution in [0.5, 0.6) is 0 Å². The van der Waals surface area contributed by atoms with Crippen molar-refractivity contribution in [1.82, 2.24) is 15.1 Å². The molecule has 2 saturated heterocycles. The molecule has 2 N–H and O–H groups in total. The molecule has 1 spiro atoms. The quantitative estimate of drug-likeness (QED) is 0.604. The second kappa shape index (κ2) is 3.40. The molecule has 80 valence electrons. The minimum Gasteiger partial charge on any atom is -0.395 e. The SMILES string of the molecule is CN1C(=O)N(CCO)CC12CCNC2. The van der Waals surface area contributed by atoms with E-state index in [0.717, 1.165) is 26.1 Å². The van der Waals surface area contributed by atoms with Gasteiger partial charge in [0.25, 0.3) is 0 Å². The van der Waals surface area contributed by atoms with Crippen LogP contribution in [0, 0.1) is 0 Å². The maximum atomic E-state index is 11.8. The number of nitrogens with zero attached hydrogens (tertiary/aromatic N) is 2. The van der Waals surface area contributed by atoms with Crippen LogP contribution in [0.1, 0.15) is 6.42 Å². The zero-order valence-electron chi connectivity index (χ0n) is 8.49. The highest BCUT2D eigenvalue weighted by atomic mass is 16.3. The Morgan fingerprint density at radius 3 is 3.00 bits per heavy atom. The number of amides is 2. The molecule has 0 saturated carbocycles. The van der Waals surface area contributed by atoms with E-state index in [-0.39, 0.29) is 18.2 Å². The number of urea groups is 1. The van der Waals surface area contributed by atoms with Gasteiger partial charge >= 0.3 is 6.03 Å². The minimum atomic E-state index is -0.0216. The van der Waals surface area contributed by atoms with Crippen LogP contribution in [-0.4, -0.2) is 66.3 Å². The molecule has 0 aromatic heterocycles. The molecule has 2 rings (SSSR count). The Labute approximate surface area is 83.7 Å². The van der Waals surface area contributed by atoms with Gasteiger partial charge in [-0.2, -0.15) is 0 Å². The molecule has 2 heterocycles. The highest BCUT2D eigenvalue weighted by molar-refractivity contribution is 5.78. The predicted octanol–water partition coefficient (Wildman–Crippen LogP) is -0.922. The summed E-state index contributed by atoms with van der Waals surface area (Å²) in [4.78, 5) is 15.3. The summed E-state index contributed by atoms with van der Waals surface area (Å²) in [5.74, 6) is 0. The van der Waals surface area contributed by atoms with Gasteiger partial charge < -0.3 is 20.2 Å². The molecule has 0 aromatic carbocycles. The van der Waals surface area contributed by atoms with Crippen molar-refractivity contribution in [2.75, 3.05) is 39.8 Å². The summed E-state index contributed by atoms with van der Waals surface area (Å²) in [6, 6.07) is 0.0442. The molecule has 2 amide bonds. The fourth-order valence-corrected chi connectivity index (χ4v) is 2.39. The van der Waals surface area contributed by atoms with Crippen molar-refractivity contribution in [2.45, 2.75) is 12.0 Å². The Morgan fingerprint density at radius 1 is 1.64 bits per heavy atom. The number of hydrogen-bond donors (Lipinski definition) is 2. The highest BCUT2D eigenvalue weighted by Gasteiger charge is 2.48. The molecule has 0 bridgehead atoms. The van der Waals surface area contributed by atoms with Gasteiger partial charge in [-0.1, -0.05) is 0 Å². The van der Waals surface area contributed by atoms with Crippen LogP contribution in [0.15, 0.2) is 0 Å². The summed E-state index contributed by atoms with van der Waals surface area (Å²) in [7, 11) is 1.85. The Kier molecular flexibility index (Phi) is 2.36. The number of rotatable bonds is 2. The maximum absolute atomic E-state index is 11.8. The van der Waals surface area contributed by atoms with Crippen LogP contribution in [0.2, 0.25) is 0 Å². The summed E-state index contributed by atoms with van der Waals surface area (Å²) < 4.78 is 0. The highest BCUT2D eigenvalue weighted by Crippen LogP contribution is 2.30. The lowest BCUT2D eigenvalue weighted by Crippen LogP contribution is -2.46. The largest absolute Gasteiger partial charge is 0.395 e. The number of carbonyl (C=O) groups excluding carboxylic acids is 1. The van der Waals surface area contributed by atoms with Crippen molar-refractivity contribution < 1.29 is 9.90 Å². The second-order valence-corrected chi connectivity index (χ2v) is 4.14. The van der Waals surface area contributed by atoms with E-state index >= 15 is 0 Å². The molecule has 14 heavy (non-hydrogen) atoms. The molecule has 2 aliphatic rings. The fourth-order valence-electron chi connectivity index (χ4n) is 2.39. The van der Waals surface area contributed by atoms with Crippen molar-refractivity contribution in [3.05, 3.63) is 0 Å². The molecule has 1 atom stereocenters. The van der Waals surface area contributed by atoms with Gasteiger partial charge in [0, 0.05) is 26.7 Å². The first-order valence-corrected chi connectivity index (χ1v) is 5.04. The number of aliphatic hydroxyl groups excluding tert-OH is 1. The lowest BCUT2D eigenvalue weighted by Gasteiger charge is -2.28. The van der Waals surface area contributed by atoms with Gasteiger partial charge in [-0.25, -0.2) is 4.79 Å². The maximum Gasteiger partial charge on any atom is 0.320 e. The van der Waals surface area contributed by atoms with Gasteiger partial charge in [-0.15, -0.1) is 0 Å². The van der Waals surface area contributed by atoms with E-state index in [1.807, 2.05) is 11.9 Å². The van der Waals surface area contributed by atoms with E-state index in [9.17, 15) is 4.79 Å². The summed E-state index contributed by atoms with van der Waals surface area (Å²) >= 11 is 0. The third-order valence-electron chi connectivity index (χ3n) is 3.35. The number of hydrogen-bond acceptors (Lipinski definition) is 3. The van der Waals surface area contributed by atoms with Gasteiger partial charge in [-0.05, 0) is 13.0 Å². The number of nitrogens with one attached hydrogen (secondary N) is 1. The van der Waals surface area contributed by atoms with Gasteiger partial charge in [0.1, 0.15) is 0 Å². The monoisotopic (exact) mass is 199 g/mol. The van der Waals surface area contributed by atoms with Gasteiger partial charge in [0.05, 0.1) is 12.1 Å². The summed E-state index contributed by atoms with van der Waals surface area (Å²) in [5, 5.41) is 12.1. The molecule has 5 heteroatoms. The smallest absolute Gasteiger partial charge is 0.320 e. The summed E-state index contributed by atoms with van der Waals surface area (Å²) in [5.41, 5.74) is -0.0216.